The van der Waals surface area contributed by atoms with Crippen LogP contribution in [0.3, 0.4) is 0 Å². The van der Waals surface area contributed by atoms with Gasteiger partial charge in [0.15, 0.2) is 0 Å². The minimum Gasteiger partial charge on any atom is -0.351 e. The number of allylic oxidation sites excluding steroid dienone is 4. The topological polar surface area (TPSA) is 3.24 Å². The van der Waals surface area contributed by atoms with E-state index in [-0.39, 0.29) is 0 Å². The van der Waals surface area contributed by atoms with Crippen molar-refractivity contribution in [3.8, 4) is 0 Å². The van der Waals surface area contributed by atoms with Crippen molar-refractivity contribution in [2.24, 2.45) is 5.92 Å². The maximum Gasteiger partial charge on any atom is 0.0330 e. The average molecular weight is 434 g/mol. The fraction of sp³-hybridized carbons (Fsp3) is 0.375. The monoisotopic (exact) mass is 433 g/mol. The smallest absolute Gasteiger partial charge is 0.0330 e. The Morgan fingerprint density at radius 2 is 1.70 bits per heavy atom. The van der Waals surface area contributed by atoms with Gasteiger partial charge in [0.1, 0.15) is 0 Å². The van der Waals surface area contributed by atoms with E-state index in [4.69, 9.17) is 0 Å². The second-order valence-electron chi connectivity index (χ2n) is 10.6. The highest BCUT2D eigenvalue weighted by molar-refractivity contribution is 5.71. The van der Waals surface area contributed by atoms with E-state index in [0.29, 0.717) is 12.0 Å². The summed E-state index contributed by atoms with van der Waals surface area (Å²) in [7, 11) is 0. The van der Waals surface area contributed by atoms with Crippen molar-refractivity contribution in [3.05, 3.63) is 104 Å². The van der Waals surface area contributed by atoms with Gasteiger partial charge in [-0.3, -0.25) is 0 Å². The number of hydrogen-bond acceptors (Lipinski definition) is 1. The first-order valence-electron chi connectivity index (χ1n) is 13.0. The second kappa shape index (κ2) is 8.52. The zero-order valence-electron chi connectivity index (χ0n) is 20.1. The first-order valence-corrected chi connectivity index (χ1v) is 13.0. The summed E-state index contributed by atoms with van der Waals surface area (Å²) in [6, 6.07) is 12.4. The summed E-state index contributed by atoms with van der Waals surface area (Å²) in [4.78, 5) is 2.52. The quantitative estimate of drug-likeness (QED) is 0.565. The Morgan fingerprint density at radius 3 is 2.58 bits per heavy atom. The normalized spacial score (nSPS) is 22.1. The molecule has 0 bridgehead atoms. The van der Waals surface area contributed by atoms with Gasteiger partial charge in [0, 0.05) is 18.4 Å². The Kier molecular flexibility index (Phi) is 5.37. The van der Waals surface area contributed by atoms with Crippen LogP contribution in [0.1, 0.15) is 62.1 Å². The molecule has 33 heavy (non-hydrogen) atoms. The van der Waals surface area contributed by atoms with Gasteiger partial charge in [-0.05, 0) is 94.2 Å². The molecule has 1 heteroatoms. The SMILES string of the molecule is Cc1ccc2c(c1)=c1ccc3c(c1CC=2)CC(C)CC=3C1=CN(C2CCCCC2)C=CC=C1. The van der Waals surface area contributed by atoms with Crippen LogP contribution in [0.4, 0.5) is 0 Å². The third kappa shape index (κ3) is 3.82. The van der Waals surface area contributed by atoms with Gasteiger partial charge in [0.05, 0.1) is 0 Å². The average Bonchev–Trinajstić information content (AvgIpc) is 3.10. The van der Waals surface area contributed by atoms with Crippen molar-refractivity contribution in [3.63, 3.8) is 0 Å². The number of benzene rings is 2. The zero-order valence-corrected chi connectivity index (χ0v) is 20.1. The Bertz CT molecular complexity index is 1400. The van der Waals surface area contributed by atoms with Crippen LogP contribution < -0.4 is 10.4 Å². The van der Waals surface area contributed by atoms with E-state index >= 15 is 0 Å². The molecule has 0 spiro atoms. The van der Waals surface area contributed by atoms with E-state index in [0.717, 1.165) is 6.42 Å². The molecule has 3 aliphatic carbocycles. The molecule has 0 N–H and O–H groups in total. The van der Waals surface area contributed by atoms with E-state index < -0.39 is 0 Å². The lowest BCUT2D eigenvalue weighted by molar-refractivity contribution is 0.277. The van der Waals surface area contributed by atoms with E-state index in [1.165, 1.54) is 77.0 Å². The fourth-order valence-electron chi connectivity index (χ4n) is 6.48. The minimum atomic E-state index is 0.656. The summed E-state index contributed by atoms with van der Waals surface area (Å²) in [5.41, 5.74) is 7.46. The number of nitrogens with zero attached hydrogens (tertiary/aromatic N) is 1. The van der Waals surface area contributed by atoms with E-state index in [1.54, 1.807) is 16.7 Å². The zero-order chi connectivity index (χ0) is 22.4. The molecule has 0 radical (unpaired) electrons. The second-order valence-corrected chi connectivity index (χ2v) is 10.6. The first-order chi connectivity index (χ1) is 16.2. The van der Waals surface area contributed by atoms with Crippen LogP contribution in [-0.4, -0.2) is 10.9 Å². The van der Waals surface area contributed by atoms with E-state index in [2.05, 4.69) is 85.8 Å². The van der Waals surface area contributed by atoms with Crippen LogP contribution in [0.5, 0.6) is 0 Å². The summed E-state index contributed by atoms with van der Waals surface area (Å²) in [6.45, 7) is 4.64. The van der Waals surface area contributed by atoms with Gasteiger partial charge in [-0.15, -0.1) is 0 Å². The Hall–Kier alpha value is -2.80. The molecule has 1 unspecified atom stereocenters. The Labute approximate surface area is 197 Å². The molecule has 1 saturated carbocycles. The first kappa shape index (κ1) is 20.8. The van der Waals surface area contributed by atoms with Gasteiger partial charge in [0.25, 0.3) is 0 Å². The predicted molar refractivity (Wildman–Crippen MR) is 139 cm³/mol. The lowest BCUT2D eigenvalue weighted by Gasteiger charge is -2.32. The molecular weight excluding hydrogens is 398 g/mol. The van der Waals surface area contributed by atoms with Crippen molar-refractivity contribution in [2.75, 3.05) is 0 Å². The number of fused-ring (bicyclic) bond motifs is 4. The summed E-state index contributed by atoms with van der Waals surface area (Å²) >= 11 is 0. The predicted octanol–water partition coefficient (Wildman–Crippen LogP) is 5.95. The molecule has 1 nitrogen and oxygen atoms in total. The lowest BCUT2D eigenvalue weighted by Crippen LogP contribution is -2.30. The molecule has 168 valence electrons. The number of aryl methyl sites for hydroxylation is 1. The van der Waals surface area contributed by atoms with Crippen LogP contribution in [-0.2, 0) is 12.8 Å². The summed E-state index contributed by atoms with van der Waals surface area (Å²) in [5, 5.41) is 5.77. The fourth-order valence-corrected chi connectivity index (χ4v) is 6.48. The van der Waals surface area contributed by atoms with Crippen molar-refractivity contribution < 1.29 is 0 Å². The van der Waals surface area contributed by atoms with Crippen LogP contribution in [0, 0.1) is 23.3 Å². The summed E-state index contributed by atoms with van der Waals surface area (Å²) in [6.07, 6.45) is 24.2. The number of rotatable bonds is 2. The van der Waals surface area contributed by atoms with Crippen molar-refractivity contribution in [1.82, 2.24) is 4.90 Å². The molecule has 1 heterocycles. The molecule has 1 aliphatic heterocycles. The molecule has 1 fully saturated rings. The van der Waals surface area contributed by atoms with Gasteiger partial charge in [-0.2, -0.15) is 0 Å². The van der Waals surface area contributed by atoms with Crippen LogP contribution in [0.2, 0.25) is 0 Å². The van der Waals surface area contributed by atoms with E-state index in [1.807, 2.05) is 0 Å². The van der Waals surface area contributed by atoms with Crippen LogP contribution >= 0.6 is 0 Å². The Morgan fingerprint density at radius 1 is 0.848 bits per heavy atom. The third-order valence-electron chi connectivity index (χ3n) is 8.16. The highest BCUT2D eigenvalue weighted by Crippen LogP contribution is 2.32. The molecule has 0 amide bonds. The Balaban J connectivity index is 1.54. The summed E-state index contributed by atoms with van der Waals surface area (Å²) in [5.74, 6) is 0.673. The van der Waals surface area contributed by atoms with Crippen LogP contribution in [0.25, 0.3) is 11.6 Å². The van der Waals surface area contributed by atoms with Crippen molar-refractivity contribution in [2.45, 2.75) is 71.3 Å². The molecule has 1 atom stereocenters. The molecule has 0 aromatic heterocycles. The van der Waals surface area contributed by atoms with Gasteiger partial charge in [0.2, 0.25) is 0 Å². The van der Waals surface area contributed by atoms with Crippen molar-refractivity contribution >= 4 is 11.6 Å². The molecule has 0 saturated heterocycles. The number of hydrogen-bond donors (Lipinski definition) is 0. The highest BCUT2D eigenvalue weighted by Gasteiger charge is 2.23. The molecule has 4 aliphatic rings. The summed E-state index contributed by atoms with van der Waals surface area (Å²) < 4.78 is 0. The third-order valence-corrected chi connectivity index (χ3v) is 8.16. The van der Waals surface area contributed by atoms with Gasteiger partial charge in [-0.25, -0.2) is 0 Å². The van der Waals surface area contributed by atoms with Gasteiger partial charge < -0.3 is 4.90 Å². The minimum absolute atomic E-state index is 0.656. The molecule has 6 rings (SSSR count). The molecule has 2 aromatic rings. The van der Waals surface area contributed by atoms with Gasteiger partial charge >= 0.3 is 0 Å². The maximum atomic E-state index is 2.52. The highest BCUT2D eigenvalue weighted by atomic mass is 15.1. The van der Waals surface area contributed by atoms with Crippen molar-refractivity contribution in [1.29, 1.82) is 0 Å². The molecular formula is C32H35N. The standard InChI is InChI=1S/C32H35N/c1-22-11-12-24-13-14-28-27(30(24)18-22)15-16-29-31(19-23(2)20-32(28)29)25-8-6-7-17-33(21-25)26-9-4-3-5-10-26/h6-8,11-13,15-18,21,23,26H,3-5,9-10,14,19-20H2,1-2H3. The maximum absolute atomic E-state index is 2.52. The molecule has 2 aromatic carbocycles. The van der Waals surface area contributed by atoms with E-state index in [9.17, 15) is 0 Å². The lowest BCUT2D eigenvalue weighted by atomic mass is 9.79. The van der Waals surface area contributed by atoms with Crippen LogP contribution in [0.15, 0.2) is 66.5 Å². The largest absolute Gasteiger partial charge is 0.351 e. The van der Waals surface area contributed by atoms with Gasteiger partial charge in [-0.1, -0.05) is 80.3 Å².